The van der Waals surface area contributed by atoms with E-state index < -0.39 is 0 Å². The number of nitrogens with one attached hydrogen (secondary N) is 1. The standard InChI is InChI=1S/C17H25N/c1-3-5-10-17(18-4-2)16-12-11-14-8-6-7-9-15(14)13-16/h3,6-9,16-18H,1,4-5,10-13H2,2H3. The molecule has 2 atom stereocenters. The van der Waals surface area contributed by atoms with Crippen molar-refractivity contribution in [2.45, 2.75) is 45.1 Å². The molecule has 1 nitrogen and oxygen atoms in total. The number of rotatable bonds is 6. The second-order valence-electron chi connectivity index (χ2n) is 5.30. The maximum absolute atomic E-state index is 3.85. The Morgan fingerprint density at radius 3 is 2.89 bits per heavy atom. The number of fused-ring (bicyclic) bond motifs is 1. The highest BCUT2D eigenvalue weighted by Gasteiger charge is 2.24. The van der Waals surface area contributed by atoms with Crippen molar-refractivity contribution in [1.29, 1.82) is 0 Å². The minimum Gasteiger partial charge on any atom is -0.314 e. The van der Waals surface area contributed by atoms with E-state index in [0.717, 1.165) is 18.9 Å². The van der Waals surface area contributed by atoms with Crippen molar-refractivity contribution in [2.24, 2.45) is 5.92 Å². The fourth-order valence-corrected chi connectivity index (χ4v) is 3.13. The summed E-state index contributed by atoms with van der Waals surface area (Å²) in [4.78, 5) is 0. The molecular formula is C17H25N. The minimum atomic E-state index is 0.654. The molecule has 1 heteroatoms. The van der Waals surface area contributed by atoms with Crippen molar-refractivity contribution in [2.75, 3.05) is 6.54 Å². The highest BCUT2D eigenvalue weighted by molar-refractivity contribution is 5.30. The average Bonchev–Trinajstić information content (AvgIpc) is 2.43. The van der Waals surface area contributed by atoms with E-state index in [2.05, 4.69) is 43.1 Å². The van der Waals surface area contributed by atoms with Crippen LogP contribution in [0.15, 0.2) is 36.9 Å². The first-order chi connectivity index (χ1) is 8.85. The Balaban J connectivity index is 2.02. The molecule has 0 radical (unpaired) electrons. The molecule has 0 heterocycles. The predicted molar refractivity (Wildman–Crippen MR) is 78.9 cm³/mol. The summed E-state index contributed by atoms with van der Waals surface area (Å²) >= 11 is 0. The minimum absolute atomic E-state index is 0.654. The Hall–Kier alpha value is -1.08. The smallest absolute Gasteiger partial charge is 0.0101 e. The van der Waals surface area contributed by atoms with Gasteiger partial charge in [0.1, 0.15) is 0 Å². The summed E-state index contributed by atoms with van der Waals surface area (Å²) < 4.78 is 0. The highest BCUT2D eigenvalue weighted by Crippen LogP contribution is 2.29. The lowest BCUT2D eigenvalue weighted by atomic mass is 9.79. The first kappa shape index (κ1) is 13.4. The van der Waals surface area contributed by atoms with E-state index in [4.69, 9.17) is 0 Å². The zero-order valence-corrected chi connectivity index (χ0v) is 11.5. The lowest BCUT2D eigenvalue weighted by Crippen LogP contribution is -2.38. The van der Waals surface area contributed by atoms with Gasteiger partial charge in [0.2, 0.25) is 0 Å². The largest absolute Gasteiger partial charge is 0.314 e. The van der Waals surface area contributed by atoms with Gasteiger partial charge in [0, 0.05) is 6.04 Å². The van der Waals surface area contributed by atoms with Gasteiger partial charge in [-0.2, -0.15) is 0 Å². The number of aryl methyl sites for hydroxylation is 1. The van der Waals surface area contributed by atoms with Crippen LogP contribution in [0.25, 0.3) is 0 Å². The monoisotopic (exact) mass is 243 g/mol. The quantitative estimate of drug-likeness (QED) is 0.751. The Morgan fingerprint density at radius 2 is 2.17 bits per heavy atom. The van der Waals surface area contributed by atoms with E-state index >= 15 is 0 Å². The number of benzene rings is 1. The van der Waals surface area contributed by atoms with Gasteiger partial charge in [0.15, 0.2) is 0 Å². The van der Waals surface area contributed by atoms with Crippen molar-refractivity contribution in [3.63, 3.8) is 0 Å². The summed E-state index contributed by atoms with van der Waals surface area (Å²) in [7, 11) is 0. The average molecular weight is 243 g/mol. The molecule has 18 heavy (non-hydrogen) atoms. The number of hydrogen-bond acceptors (Lipinski definition) is 1. The van der Waals surface area contributed by atoms with Crippen LogP contribution < -0.4 is 5.32 Å². The molecule has 0 aliphatic heterocycles. The third kappa shape index (κ3) is 3.23. The lowest BCUT2D eigenvalue weighted by molar-refractivity contribution is 0.310. The van der Waals surface area contributed by atoms with Gasteiger partial charge in [-0.25, -0.2) is 0 Å². The van der Waals surface area contributed by atoms with Crippen molar-refractivity contribution in [3.05, 3.63) is 48.0 Å². The van der Waals surface area contributed by atoms with Gasteiger partial charge < -0.3 is 5.32 Å². The molecule has 0 spiro atoms. The fraction of sp³-hybridized carbons (Fsp3) is 0.529. The summed E-state index contributed by atoms with van der Waals surface area (Å²) in [6, 6.07) is 9.59. The van der Waals surface area contributed by atoms with Crippen LogP contribution in [0, 0.1) is 5.92 Å². The van der Waals surface area contributed by atoms with Crippen molar-refractivity contribution >= 4 is 0 Å². The molecule has 0 aromatic heterocycles. The van der Waals surface area contributed by atoms with Crippen LogP contribution in [0.4, 0.5) is 0 Å². The zero-order chi connectivity index (χ0) is 12.8. The summed E-state index contributed by atoms with van der Waals surface area (Å²) in [5.41, 5.74) is 3.13. The third-order valence-corrected chi connectivity index (χ3v) is 4.10. The van der Waals surface area contributed by atoms with Crippen LogP contribution in [0.1, 0.15) is 37.3 Å². The zero-order valence-electron chi connectivity index (χ0n) is 11.5. The van der Waals surface area contributed by atoms with E-state index in [1.54, 1.807) is 11.1 Å². The SMILES string of the molecule is C=CCCC(NCC)C1CCc2ccccc2C1. The van der Waals surface area contributed by atoms with Crippen LogP contribution in [0.3, 0.4) is 0 Å². The molecule has 2 unspecified atom stereocenters. The summed E-state index contributed by atoms with van der Waals surface area (Å²) in [5.74, 6) is 0.791. The molecule has 0 saturated carbocycles. The third-order valence-electron chi connectivity index (χ3n) is 4.10. The number of hydrogen-bond donors (Lipinski definition) is 1. The molecule has 0 bridgehead atoms. The van der Waals surface area contributed by atoms with Crippen molar-refractivity contribution in [1.82, 2.24) is 5.32 Å². The maximum Gasteiger partial charge on any atom is 0.0101 e. The fourth-order valence-electron chi connectivity index (χ4n) is 3.13. The van der Waals surface area contributed by atoms with Gasteiger partial charge >= 0.3 is 0 Å². The van der Waals surface area contributed by atoms with Crippen molar-refractivity contribution in [3.8, 4) is 0 Å². The van der Waals surface area contributed by atoms with E-state index in [0.29, 0.717) is 6.04 Å². The molecule has 98 valence electrons. The molecule has 1 N–H and O–H groups in total. The summed E-state index contributed by atoms with van der Waals surface area (Å²) in [6.07, 6.45) is 8.20. The predicted octanol–water partition coefficient (Wildman–Crippen LogP) is 3.74. The first-order valence-corrected chi connectivity index (χ1v) is 7.26. The molecular weight excluding hydrogens is 218 g/mol. The van der Waals surface area contributed by atoms with Crippen molar-refractivity contribution < 1.29 is 0 Å². The first-order valence-electron chi connectivity index (χ1n) is 7.26. The van der Waals surface area contributed by atoms with Gasteiger partial charge in [-0.15, -0.1) is 6.58 Å². The molecule has 1 aromatic rings. The van der Waals surface area contributed by atoms with Gasteiger partial charge in [-0.1, -0.05) is 37.3 Å². The van der Waals surface area contributed by atoms with Crippen LogP contribution in [-0.4, -0.2) is 12.6 Å². The molecule has 0 saturated heterocycles. The van der Waals surface area contributed by atoms with Crippen LogP contribution in [0.5, 0.6) is 0 Å². The van der Waals surface area contributed by atoms with Gasteiger partial charge in [-0.05, 0) is 55.7 Å². The van der Waals surface area contributed by atoms with Gasteiger partial charge in [-0.3, -0.25) is 0 Å². The molecule has 0 amide bonds. The summed E-state index contributed by atoms with van der Waals surface area (Å²) in [6.45, 7) is 7.12. The second kappa shape index (κ2) is 6.75. The van der Waals surface area contributed by atoms with E-state index in [1.165, 1.54) is 25.7 Å². The maximum atomic E-state index is 3.85. The molecule has 1 aliphatic rings. The molecule has 1 aliphatic carbocycles. The Morgan fingerprint density at radius 1 is 1.39 bits per heavy atom. The van der Waals surface area contributed by atoms with E-state index in [9.17, 15) is 0 Å². The Bertz CT molecular complexity index is 383. The van der Waals surface area contributed by atoms with Crippen LogP contribution in [0.2, 0.25) is 0 Å². The van der Waals surface area contributed by atoms with Crippen LogP contribution in [-0.2, 0) is 12.8 Å². The Kier molecular flexibility index (Phi) is 5.00. The van der Waals surface area contributed by atoms with E-state index in [-0.39, 0.29) is 0 Å². The lowest BCUT2D eigenvalue weighted by Gasteiger charge is -2.32. The van der Waals surface area contributed by atoms with E-state index in [1.807, 2.05) is 6.08 Å². The normalized spacial score (nSPS) is 20.2. The van der Waals surface area contributed by atoms with Crippen LogP contribution >= 0.6 is 0 Å². The summed E-state index contributed by atoms with van der Waals surface area (Å²) in [5, 5.41) is 3.67. The molecule has 1 aromatic carbocycles. The Labute approximate surface area is 111 Å². The number of allylic oxidation sites excluding steroid dienone is 1. The highest BCUT2D eigenvalue weighted by atomic mass is 14.9. The topological polar surface area (TPSA) is 12.0 Å². The second-order valence-corrected chi connectivity index (χ2v) is 5.30. The molecule has 2 rings (SSSR count). The molecule has 0 fully saturated rings. The van der Waals surface area contributed by atoms with Gasteiger partial charge in [0.05, 0.1) is 0 Å². The van der Waals surface area contributed by atoms with Gasteiger partial charge in [0.25, 0.3) is 0 Å².